The molecule has 0 spiro atoms. The number of carboxylic acid groups (broad SMARTS) is 1. The monoisotopic (exact) mass is 396 g/mol. The molecule has 1 unspecified atom stereocenters. The average Bonchev–Trinajstić information content (AvgIpc) is 3.09. The van der Waals surface area contributed by atoms with Crippen LogP contribution in [0.4, 0.5) is 5.69 Å². The summed E-state index contributed by atoms with van der Waals surface area (Å²) in [4.78, 5) is 38.7. The van der Waals surface area contributed by atoms with Crippen LogP contribution in [-0.4, -0.2) is 48.2 Å². The van der Waals surface area contributed by atoms with E-state index in [9.17, 15) is 19.5 Å². The lowest BCUT2D eigenvalue weighted by Gasteiger charge is -2.37. The molecule has 152 valence electrons. The molecule has 2 aromatic carbocycles. The number of benzene rings is 2. The van der Waals surface area contributed by atoms with Gasteiger partial charge in [-0.05, 0) is 24.3 Å². The molecule has 2 aromatic rings. The van der Waals surface area contributed by atoms with E-state index in [1.54, 1.807) is 4.90 Å². The van der Waals surface area contributed by atoms with Crippen molar-refractivity contribution in [1.29, 1.82) is 0 Å². The molecule has 4 rings (SSSR count). The molecule has 2 amide bonds. The third-order valence-electron chi connectivity index (χ3n) is 5.88. The fourth-order valence-electron chi connectivity index (χ4n) is 4.32. The molecule has 2 aliphatic heterocycles. The van der Waals surface area contributed by atoms with E-state index in [0.29, 0.717) is 32.6 Å². The number of fused-ring (bicyclic) bond motifs is 1. The van der Waals surface area contributed by atoms with Crippen molar-refractivity contribution in [2.24, 2.45) is 5.92 Å². The normalized spacial score (nSPS) is 21.3. The molecule has 29 heavy (non-hydrogen) atoms. The molecule has 2 aliphatic rings. The van der Waals surface area contributed by atoms with Gasteiger partial charge in [0.15, 0.2) is 0 Å². The number of hydrogen-bond acceptors (Lipinski definition) is 4. The molecule has 0 bridgehead atoms. The van der Waals surface area contributed by atoms with E-state index in [4.69, 9.17) is 4.74 Å². The second kappa shape index (κ2) is 7.83. The van der Waals surface area contributed by atoms with E-state index in [-0.39, 0.29) is 24.7 Å². The van der Waals surface area contributed by atoms with Gasteiger partial charge in [-0.3, -0.25) is 14.4 Å². The van der Waals surface area contributed by atoms with Crippen LogP contribution in [0.1, 0.15) is 25.7 Å². The van der Waals surface area contributed by atoms with Gasteiger partial charge in [0.05, 0.1) is 23.6 Å². The number of carbonyl (C=O) groups excluding carboxylic acids is 2. The zero-order valence-electron chi connectivity index (χ0n) is 16.1. The first-order valence-electron chi connectivity index (χ1n) is 9.87. The van der Waals surface area contributed by atoms with Crippen molar-refractivity contribution in [2.75, 3.05) is 24.7 Å². The van der Waals surface area contributed by atoms with E-state index in [1.807, 2.05) is 42.5 Å². The summed E-state index contributed by atoms with van der Waals surface area (Å²) in [5, 5.41) is 14.2. The van der Waals surface area contributed by atoms with Crippen molar-refractivity contribution in [3.63, 3.8) is 0 Å². The maximum absolute atomic E-state index is 13.0. The molecule has 0 aliphatic carbocycles. The average molecular weight is 396 g/mol. The molecule has 2 N–H and O–H groups in total. The van der Waals surface area contributed by atoms with Crippen molar-refractivity contribution >= 4 is 34.2 Å². The fraction of sp³-hybridized carbons (Fsp3) is 0.409. The van der Waals surface area contributed by atoms with Crippen molar-refractivity contribution in [1.82, 2.24) is 5.32 Å². The van der Waals surface area contributed by atoms with Gasteiger partial charge in [0.1, 0.15) is 0 Å². The predicted octanol–water partition coefficient (Wildman–Crippen LogP) is 2.33. The van der Waals surface area contributed by atoms with Gasteiger partial charge < -0.3 is 20.1 Å². The van der Waals surface area contributed by atoms with Gasteiger partial charge in [-0.1, -0.05) is 36.4 Å². The van der Waals surface area contributed by atoms with Gasteiger partial charge in [-0.15, -0.1) is 0 Å². The number of ether oxygens (including phenoxy) is 1. The Morgan fingerprint density at radius 3 is 2.62 bits per heavy atom. The fourth-order valence-corrected chi connectivity index (χ4v) is 4.32. The van der Waals surface area contributed by atoms with E-state index in [0.717, 1.165) is 16.5 Å². The lowest BCUT2D eigenvalue weighted by Crippen LogP contribution is -2.54. The van der Waals surface area contributed by atoms with Gasteiger partial charge in [0, 0.05) is 31.6 Å². The predicted molar refractivity (Wildman–Crippen MR) is 108 cm³/mol. The lowest BCUT2D eigenvalue weighted by atomic mass is 9.85. The molecule has 2 saturated heterocycles. The van der Waals surface area contributed by atoms with Gasteiger partial charge in [0.25, 0.3) is 0 Å². The molecule has 7 heteroatoms. The quantitative estimate of drug-likeness (QED) is 0.809. The third-order valence-corrected chi connectivity index (χ3v) is 5.88. The molecular formula is C22H24N2O5. The highest BCUT2D eigenvalue weighted by molar-refractivity contribution is 6.07. The third kappa shape index (κ3) is 3.96. The summed E-state index contributed by atoms with van der Waals surface area (Å²) in [7, 11) is 0. The highest BCUT2D eigenvalue weighted by Gasteiger charge is 2.41. The Bertz CT molecular complexity index is 946. The molecule has 0 saturated carbocycles. The maximum atomic E-state index is 13.0. The molecule has 1 atom stereocenters. The minimum absolute atomic E-state index is 0.0965. The Hall–Kier alpha value is -2.93. The number of hydrogen-bond donors (Lipinski definition) is 2. The number of anilines is 1. The van der Waals surface area contributed by atoms with Crippen LogP contribution >= 0.6 is 0 Å². The van der Waals surface area contributed by atoms with Crippen LogP contribution in [0.5, 0.6) is 0 Å². The van der Waals surface area contributed by atoms with Crippen LogP contribution in [-0.2, 0) is 19.1 Å². The second-order valence-corrected chi connectivity index (χ2v) is 7.86. The standard InChI is InChI=1S/C22H24N2O5/c25-19-12-16(21(28)23-22(13-20(26)27)8-10-29-11-9-22)14-24(19)18-7-3-5-15-4-1-2-6-17(15)18/h1-7,16H,8-14H2,(H,23,28)(H,26,27). The largest absolute Gasteiger partial charge is 0.481 e. The second-order valence-electron chi connectivity index (χ2n) is 7.86. The zero-order valence-corrected chi connectivity index (χ0v) is 16.1. The minimum atomic E-state index is -0.952. The Morgan fingerprint density at radius 2 is 1.86 bits per heavy atom. The number of nitrogens with one attached hydrogen (secondary N) is 1. The van der Waals surface area contributed by atoms with Crippen LogP contribution in [0.25, 0.3) is 10.8 Å². The van der Waals surface area contributed by atoms with Crippen LogP contribution < -0.4 is 10.2 Å². The Kier molecular flexibility index (Phi) is 5.24. The number of nitrogens with zero attached hydrogens (tertiary/aromatic N) is 1. The summed E-state index contributed by atoms with van der Waals surface area (Å²) in [6, 6.07) is 13.6. The highest BCUT2D eigenvalue weighted by atomic mass is 16.5. The number of aliphatic carboxylic acids is 1. The van der Waals surface area contributed by atoms with Crippen molar-refractivity contribution in [3.8, 4) is 0 Å². The van der Waals surface area contributed by atoms with Gasteiger partial charge in [-0.2, -0.15) is 0 Å². The van der Waals surface area contributed by atoms with Gasteiger partial charge in [-0.25, -0.2) is 0 Å². The molecule has 2 heterocycles. The van der Waals surface area contributed by atoms with E-state index in [1.165, 1.54) is 0 Å². The van der Waals surface area contributed by atoms with Crippen molar-refractivity contribution in [2.45, 2.75) is 31.2 Å². The summed E-state index contributed by atoms with van der Waals surface area (Å²) in [5.41, 5.74) is -0.00779. The Balaban J connectivity index is 1.52. The topological polar surface area (TPSA) is 95.9 Å². The molecular weight excluding hydrogens is 372 g/mol. The summed E-state index contributed by atoms with van der Waals surface area (Å²) < 4.78 is 5.34. The van der Waals surface area contributed by atoms with Crippen LogP contribution in [0.3, 0.4) is 0 Å². The summed E-state index contributed by atoms with van der Waals surface area (Å²) in [6.45, 7) is 1.12. The summed E-state index contributed by atoms with van der Waals surface area (Å²) in [5.74, 6) is -1.81. The van der Waals surface area contributed by atoms with Crippen LogP contribution in [0, 0.1) is 5.92 Å². The number of amides is 2. The van der Waals surface area contributed by atoms with Crippen LogP contribution in [0.15, 0.2) is 42.5 Å². The SMILES string of the molecule is O=C(O)CC1(NC(=O)C2CC(=O)N(c3cccc4ccccc34)C2)CCOCC1. The van der Waals surface area contributed by atoms with Crippen LogP contribution in [0.2, 0.25) is 0 Å². The minimum Gasteiger partial charge on any atom is -0.481 e. The number of carbonyl (C=O) groups is 3. The van der Waals surface area contributed by atoms with E-state index < -0.39 is 17.4 Å². The first-order chi connectivity index (χ1) is 14.0. The number of rotatable bonds is 5. The zero-order chi connectivity index (χ0) is 20.4. The van der Waals surface area contributed by atoms with Gasteiger partial charge in [0.2, 0.25) is 11.8 Å². The molecule has 0 radical (unpaired) electrons. The maximum Gasteiger partial charge on any atom is 0.305 e. The lowest BCUT2D eigenvalue weighted by molar-refractivity contribution is -0.141. The Labute approximate surface area is 168 Å². The smallest absolute Gasteiger partial charge is 0.305 e. The van der Waals surface area contributed by atoms with Crippen molar-refractivity contribution < 1.29 is 24.2 Å². The summed E-state index contributed by atoms with van der Waals surface area (Å²) in [6.07, 6.45) is 0.891. The molecule has 0 aromatic heterocycles. The van der Waals surface area contributed by atoms with E-state index >= 15 is 0 Å². The number of carboxylic acids is 1. The molecule has 2 fully saturated rings. The highest BCUT2D eigenvalue weighted by Crippen LogP contribution is 2.32. The van der Waals surface area contributed by atoms with E-state index in [2.05, 4.69) is 5.32 Å². The first-order valence-corrected chi connectivity index (χ1v) is 9.87. The van der Waals surface area contributed by atoms with Crippen molar-refractivity contribution in [3.05, 3.63) is 42.5 Å². The van der Waals surface area contributed by atoms with Gasteiger partial charge >= 0.3 is 5.97 Å². The Morgan fingerprint density at radius 1 is 1.14 bits per heavy atom. The summed E-state index contributed by atoms with van der Waals surface area (Å²) >= 11 is 0. The first kappa shape index (κ1) is 19.4. The molecule has 7 nitrogen and oxygen atoms in total.